The number of nitrogens with one attached hydrogen (secondary N) is 1. The van der Waals surface area contributed by atoms with Gasteiger partial charge in [-0.25, -0.2) is 0 Å². The van der Waals surface area contributed by atoms with E-state index in [0.717, 1.165) is 16.6 Å². The third kappa shape index (κ3) is 2.33. The van der Waals surface area contributed by atoms with E-state index in [1.54, 1.807) is 0 Å². The van der Waals surface area contributed by atoms with Crippen LogP contribution in [0.5, 0.6) is 0 Å². The summed E-state index contributed by atoms with van der Waals surface area (Å²) >= 11 is 3.28. The first kappa shape index (κ1) is 11.4. The van der Waals surface area contributed by atoms with Gasteiger partial charge in [-0.2, -0.15) is 0 Å². The van der Waals surface area contributed by atoms with Crippen molar-refractivity contribution in [3.05, 3.63) is 46.2 Å². The van der Waals surface area contributed by atoms with Gasteiger partial charge in [0, 0.05) is 16.6 Å². The molecule has 1 aliphatic heterocycles. The topological polar surface area (TPSA) is 42.1 Å². The van der Waals surface area contributed by atoms with Crippen molar-refractivity contribution in [2.24, 2.45) is 0 Å². The molecule has 0 saturated heterocycles. The van der Waals surface area contributed by atoms with Gasteiger partial charge >= 0.3 is 0 Å². The first-order valence-electron chi connectivity index (χ1n) is 5.06. The van der Waals surface area contributed by atoms with E-state index in [9.17, 15) is 4.79 Å². The Balaban J connectivity index is 2.33. The molecule has 4 heteroatoms. The predicted molar refractivity (Wildman–Crippen MR) is 67.1 cm³/mol. The molecule has 0 fully saturated rings. The molecule has 0 aromatic carbocycles. The molecule has 1 heterocycles. The van der Waals surface area contributed by atoms with Crippen molar-refractivity contribution in [2.45, 2.75) is 6.61 Å². The summed E-state index contributed by atoms with van der Waals surface area (Å²) in [6.45, 7) is 0.958. The van der Waals surface area contributed by atoms with Crippen molar-refractivity contribution >= 4 is 15.9 Å². The molecule has 84 valence electrons. The summed E-state index contributed by atoms with van der Waals surface area (Å²) in [7, 11) is 0. The number of rotatable bonds is 4. The molecule has 2 rings (SSSR count). The summed E-state index contributed by atoms with van der Waals surface area (Å²) in [4.78, 5) is 14.5. The first-order chi connectivity index (χ1) is 7.83. The third-order valence-electron chi connectivity index (χ3n) is 2.35. The van der Waals surface area contributed by atoms with Gasteiger partial charge in [-0.1, -0.05) is 40.2 Å². The maximum atomic E-state index is 11.7. The number of aromatic amines is 1. The van der Waals surface area contributed by atoms with Gasteiger partial charge in [-0.3, -0.25) is 4.79 Å². The number of halogens is 1. The summed E-state index contributed by atoms with van der Waals surface area (Å²) < 4.78 is 5.38. The van der Waals surface area contributed by atoms with Gasteiger partial charge in [0.05, 0.1) is 18.8 Å². The van der Waals surface area contributed by atoms with Crippen LogP contribution in [0.15, 0.2) is 35.1 Å². The zero-order chi connectivity index (χ0) is 11.4. The minimum Gasteiger partial charge on any atom is -0.376 e. The zero-order valence-electron chi connectivity index (χ0n) is 8.70. The van der Waals surface area contributed by atoms with Crippen molar-refractivity contribution < 1.29 is 4.74 Å². The summed E-state index contributed by atoms with van der Waals surface area (Å²) in [6, 6.07) is 9.58. The molecule has 16 heavy (non-hydrogen) atoms. The molecular weight excluding hydrogens is 270 g/mol. The van der Waals surface area contributed by atoms with E-state index in [1.807, 2.05) is 30.3 Å². The standard InChI is InChI=1S/C12H12BrNO2/c13-6-7-16-8-10-9-4-2-1-3-5-11(9)14-12(10)15/h1-5H,6-8H2,(H,14,15). The Labute approximate surface area is 102 Å². The molecule has 0 aromatic rings. The van der Waals surface area contributed by atoms with Gasteiger partial charge in [0.25, 0.3) is 5.56 Å². The van der Waals surface area contributed by atoms with Gasteiger partial charge in [0.15, 0.2) is 0 Å². The van der Waals surface area contributed by atoms with E-state index in [0.29, 0.717) is 18.8 Å². The Morgan fingerprint density at radius 3 is 2.88 bits per heavy atom. The van der Waals surface area contributed by atoms with Crippen LogP contribution >= 0.6 is 15.9 Å². The highest BCUT2D eigenvalue weighted by Gasteiger charge is 2.12. The quantitative estimate of drug-likeness (QED) is 0.691. The zero-order valence-corrected chi connectivity index (χ0v) is 10.3. The monoisotopic (exact) mass is 281 g/mol. The summed E-state index contributed by atoms with van der Waals surface area (Å²) in [5, 5.41) is 0.775. The fourth-order valence-corrected chi connectivity index (χ4v) is 1.84. The second kappa shape index (κ2) is 5.27. The highest BCUT2D eigenvalue weighted by Crippen LogP contribution is 2.20. The first-order valence-corrected chi connectivity index (χ1v) is 6.18. The van der Waals surface area contributed by atoms with Crippen molar-refractivity contribution in [1.29, 1.82) is 0 Å². The Kier molecular flexibility index (Phi) is 3.74. The number of alkyl halides is 1. The van der Waals surface area contributed by atoms with Crippen LogP contribution in [0, 0.1) is 0 Å². The Hall–Kier alpha value is -1.13. The maximum absolute atomic E-state index is 11.7. The van der Waals surface area contributed by atoms with E-state index >= 15 is 0 Å². The van der Waals surface area contributed by atoms with Crippen LogP contribution in [0.25, 0.3) is 11.3 Å². The molecule has 0 spiro atoms. The summed E-state index contributed by atoms with van der Waals surface area (Å²) in [5.41, 5.74) is 2.43. The van der Waals surface area contributed by atoms with Crippen molar-refractivity contribution in [3.63, 3.8) is 0 Å². The average molecular weight is 282 g/mol. The molecule has 0 saturated carbocycles. The minimum absolute atomic E-state index is 0.0595. The molecule has 3 nitrogen and oxygen atoms in total. The Morgan fingerprint density at radius 1 is 1.25 bits per heavy atom. The Bertz CT molecular complexity index is 495. The highest BCUT2D eigenvalue weighted by atomic mass is 79.9. The third-order valence-corrected chi connectivity index (χ3v) is 2.68. The number of hydrogen-bond donors (Lipinski definition) is 1. The number of ether oxygens (including phenoxy) is 1. The van der Waals surface area contributed by atoms with Crippen LogP contribution in [-0.2, 0) is 11.3 Å². The molecule has 0 bridgehead atoms. The molecule has 1 aliphatic carbocycles. The normalized spacial score (nSPS) is 10.8. The van der Waals surface area contributed by atoms with Gasteiger partial charge in [0.2, 0.25) is 0 Å². The summed E-state index contributed by atoms with van der Waals surface area (Å²) in [6.07, 6.45) is 0. The van der Waals surface area contributed by atoms with Crippen molar-refractivity contribution in [1.82, 2.24) is 4.98 Å². The molecule has 0 amide bonds. The van der Waals surface area contributed by atoms with Crippen LogP contribution in [0.1, 0.15) is 5.56 Å². The average Bonchev–Trinajstić information content (AvgIpc) is 2.47. The van der Waals surface area contributed by atoms with Crippen molar-refractivity contribution in [2.75, 3.05) is 11.9 Å². The van der Waals surface area contributed by atoms with Gasteiger partial charge < -0.3 is 9.72 Å². The molecule has 0 radical (unpaired) electrons. The molecular formula is C12H12BrNO2. The molecule has 0 unspecified atom stereocenters. The van der Waals surface area contributed by atoms with E-state index in [-0.39, 0.29) is 5.56 Å². The lowest BCUT2D eigenvalue weighted by molar-refractivity contribution is 0.137. The fourth-order valence-electron chi connectivity index (χ4n) is 1.61. The lowest BCUT2D eigenvalue weighted by Crippen LogP contribution is -2.07. The van der Waals surface area contributed by atoms with Crippen molar-refractivity contribution in [3.8, 4) is 11.3 Å². The smallest absolute Gasteiger partial charge is 0.254 e. The van der Waals surface area contributed by atoms with Crippen LogP contribution in [0.2, 0.25) is 0 Å². The van der Waals surface area contributed by atoms with Gasteiger partial charge in [-0.05, 0) is 6.07 Å². The minimum atomic E-state index is -0.0595. The maximum Gasteiger partial charge on any atom is 0.254 e. The van der Waals surface area contributed by atoms with E-state index < -0.39 is 0 Å². The van der Waals surface area contributed by atoms with Crippen LogP contribution in [0.3, 0.4) is 0 Å². The lowest BCUT2D eigenvalue weighted by Gasteiger charge is -2.00. The number of fused-ring (bicyclic) bond motifs is 1. The fraction of sp³-hybridized carbons (Fsp3) is 0.250. The number of hydrogen-bond acceptors (Lipinski definition) is 2. The largest absolute Gasteiger partial charge is 0.376 e. The predicted octanol–water partition coefficient (Wildman–Crippen LogP) is 2.39. The molecule has 1 N–H and O–H groups in total. The Morgan fingerprint density at radius 2 is 2.06 bits per heavy atom. The van der Waals surface area contributed by atoms with Crippen LogP contribution in [0.4, 0.5) is 0 Å². The molecule has 2 aliphatic rings. The van der Waals surface area contributed by atoms with E-state index in [2.05, 4.69) is 20.9 Å². The molecule has 0 aromatic heterocycles. The van der Waals surface area contributed by atoms with Crippen LogP contribution in [-0.4, -0.2) is 16.9 Å². The molecule has 0 atom stereocenters. The van der Waals surface area contributed by atoms with E-state index in [1.165, 1.54) is 0 Å². The number of H-pyrrole nitrogens is 1. The second-order valence-electron chi connectivity index (χ2n) is 3.41. The second-order valence-corrected chi connectivity index (χ2v) is 4.21. The van der Waals surface area contributed by atoms with Crippen LogP contribution < -0.4 is 5.56 Å². The highest BCUT2D eigenvalue weighted by molar-refractivity contribution is 9.09. The summed E-state index contributed by atoms with van der Waals surface area (Å²) in [5.74, 6) is 0. The SMILES string of the molecule is O=c1[nH]c2cccccc-2c1COCCBr. The van der Waals surface area contributed by atoms with Gasteiger partial charge in [0.1, 0.15) is 0 Å². The van der Waals surface area contributed by atoms with E-state index in [4.69, 9.17) is 4.74 Å². The lowest BCUT2D eigenvalue weighted by atomic mass is 10.1. The number of aromatic nitrogens is 1. The van der Waals surface area contributed by atoms with Gasteiger partial charge in [-0.15, -0.1) is 0 Å².